The van der Waals surface area contributed by atoms with E-state index in [0.29, 0.717) is 13.2 Å². The molecule has 0 aromatic heterocycles. The van der Waals surface area contributed by atoms with Gasteiger partial charge in [0.1, 0.15) is 6.04 Å². The van der Waals surface area contributed by atoms with E-state index >= 15 is 0 Å². The Morgan fingerprint density at radius 1 is 1.00 bits per heavy atom. The summed E-state index contributed by atoms with van der Waals surface area (Å²) in [5, 5.41) is 2.57. The van der Waals surface area contributed by atoms with Gasteiger partial charge in [-0.25, -0.2) is 9.59 Å². The molecule has 0 aliphatic heterocycles. The molecule has 0 heterocycles. The lowest BCUT2D eigenvalue weighted by atomic mass is 10.1. The number of hydrogen-bond acceptors (Lipinski definition) is 4. The van der Waals surface area contributed by atoms with Gasteiger partial charge in [0.2, 0.25) is 0 Å². The lowest BCUT2D eigenvalue weighted by Crippen LogP contribution is -2.45. The largest absolute Gasteiger partial charge is 0.464 e. The molecule has 1 amide bonds. The summed E-state index contributed by atoms with van der Waals surface area (Å²) in [5.74, 6) is -0.427. The van der Waals surface area contributed by atoms with Gasteiger partial charge in [-0.3, -0.25) is 0 Å². The summed E-state index contributed by atoms with van der Waals surface area (Å²) < 4.78 is 10.1. The molecular weight excluding hydrogens is 246 g/mol. The van der Waals surface area contributed by atoms with Crippen molar-refractivity contribution < 1.29 is 19.1 Å². The van der Waals surface area contributed by atoms with E-state index in [9.17, 15) is 9.59 Å². The lowest BCUT2D eigenvalue weighted by Gasteiger charge is -2.20. The van der Waals surface area contributed by atoms with Crippen molar-refractivity contribution >= 4 is 12.1 Å². The van der Waals surface area contributed by atoms with Crippen molar-refractivity contribution in [1.29, 1.82) is 0 Å². The van der Waals surface area contributed by atoms with E-state index in [2.05, 4.69) is 5.32 Å². The third kappa shape index (κ3) is 8.46. The monoisotopic (exact) mass is 273 g/mol. The first-order chi connectivity index (χ1) is 9.02. The molecule has 0 saturated carbocycles. The Balaban J connectivity index is 4.16. The van der Waals surface area contributed by atoms with Crippen molar-refractivity contribution in [3.8, 4) is 0 Å². The van der Waals surface area contributed by atoms with Crippen LogP contribution in [0, 0.1) is 5.92 Å². The highest BCUT2D eigenvalue weighted by Gasteiger charge is 2.26. The molecule has 0 saturated heterocycles. The topological polar surface area (TPSA) is 64.6 Å². The summed E-state index contributed by atoms with van der Waals surface area (Å²) in [7, 11) is 0. The number of carbonyl (C=O) groups is 2. The van der Waals surface area contributed by atoms with E-state index in [-0.39, 0.29) is 5.92 Å². The van der Waals surface area contributed by atoms with Crippen LogP contribution in [-0.2, 0) is 14.3 Å². The number of hydrogen-bond donors (Lipinski definition) is 1. The average molecular weight is 273 g/mol. The minimum atomic E-state index is -0.647. The Bertz CT molecular complexity index is 266. The Labute approximate surface area is 116 Å². The summed E-state index contributed by atoms with van der Waals surface area (Å²) in [6.45, 7) is 8.53. The van der Waals surface area contributed by atoms with Crippen molar-refractivity contribution in [2.75, 3.05) is 13.2 Å². The highest BCUT2D eigenvalue weighted by atomic mass is 16.6. The maximum atomic E-state index is 11.8. The Kier molecular flexibility index (Phi) is 9.94. The molecular formula is C14H27NO4. The van der Waals surface area contributed by atoms with Crippen LogP contribution in [0.15, 0.2) is 0 Å². The van der Waals surface area contributed by atoms with E-state index in [0.717, 1.165) is 25.7 Å². The van der Waals surface area contributed by atoms with E-state index in [1.807, 2.05) is 27.7 Å². The van der Waals surface area contributed by atoms with Gasteiger partial charge >= 0.3 is 12.1 Å². The number of nitrogens with one attached hydrogen (secondary N) is 1. The molecule has 112 valence electrons. The van der Waals surface area contributed by atoms with Gasteiger partial charge < -0.3 is 14.8 Å². The van der Waals surface area contributed by atoms with E-state index in [1.54, 1.807) is 0 Å². The van der Waals surface area contributed by atoms with Crippen LogP contribution in [0.5, 0.6) is 0 Å². The summed E-state index contributed by atoms with van der Waals surface area (Å²) in [6.07, 6.45) is 3.02. The van der Waals surface area contributed by atoms with Gasteiger partial charge in [0.25, 0.3) is 0 Å². The molecule has 0 aliphatic rings. The third-order valence-corrected chi connectivity index (χ3v) is 2.67. The summed E-state index contributed by atoms with van der Waals surface area (Å²) in [6, 6.07) is -0.647. The smallest absolute Gasteiger partial charge is 0.407 e. The van der Waals surface area contributed by atoms with Gasteiger partial charge in [0, 0.05) is 0 Å². The fourth-order valence-corrected chi connectivity index (χ4v) is 1.38. The van der Waals surface area contributed by atoms with Crippen LogP contribution in [0.4, 0.5) is 4.79 Å². The molecule has 0 aromatic carbocycles. The first-order valence-corrected chi connectivity index (χ1v) is 7.12. The molecule has 0 spiro atoms. The quantitative estimate of drug-likeness (QED) is 0.518. The molecule has 0 fully saturated rings. The second kappa shape index (κ2) is 10.6. The molecule has 0 aliphatic carbocycles. The summed E-state index contributed by atoms with van der Waals surface area (Å²) in [5.41, 5.74) is 0. The van der Waals surface area contributed by atoms with Crippen LogP contribution >= 0.6 is 0 Å². The molecule has 1 N–H and O–H groups in total. The first kappa shape index (κ1) is 17.7. The van der Waals surface area contributed by atoms with Gasteiger partial charge in [-0.1, -0.05) is 40.5 Å². The Morgan fingerprint density at radius 3 is 2.00 bits per heavy atom. The lowest BCUT2D eigenvalue weighted by molar-refractivity contribution is -0.147. The first-order valence-electron chi connectivity index (χ1n) is 7.12. The van der Waals surface area contributed by atoms with Crippen molar-refractivity contribution in [2.45, 2.75) is 59.4 Å². The Hall–Kier alpha value is -1.26. The predicted molar refractivity (Wildman–Crippen MR) is 73.9 cm³/mol. The van der Waals surface area contributed by atoms with Gasteiger partial charge in [-0.05, 0) is 18.8 Å². The highest BCUT2D eigenvalue weighted by Crippen LogP contribution is 2.05. The van der Waals surface area contributed by atoms with Crippen molar-refractivity contribution in [2.24, 2.45) is 5.92 Å². The van der Waals surface area contributed by atoms with Crippen LogP contribution in [0.1, 0.15) is 53.4 Å². The SMILES string of the molecule is CCCCOC(=O)N[C@H](C(=O)OCCCC)C(C)C. The third-order valence-electron chi connectivity index (χ3n) is 2.67. The van der Waals surface area contributed by atoms with Crippen LogP contribution in [0.25, 0.3) is 0 Å². The average Bonchev–Trinajstić information content (AvgIpc) is 2.36. The van der Waals surface area contributed by atoms with Crippen LogP contribution in [-0.4, -0.2) is 31.3 Å². The number of carbonyl (C=O) groups excluding carboxylic acids is 2. The second-order valence-electron chi connectivity index (χ2n) is 4.88. The zero-order chi connectivity index (χ0) is 14.7. The minimum Gasteiger partial charge on any atom is -0.464 e. The molecule has 5 heteroatoms. The highest BCUT2D eigenvalue weighted by molar-refractivity contribution is 5.81. The fourth-order valence-electron chi connectivity index (χ4n) is 1.38. The van der Waals surface area contributed by atoms with E-state index in [4.69, 9.17) is 9.47 Å². The van der Waals surface area contributed by atoms with Crippen molar-refractivity contribution in [3.63, 3.8) is 0 Å². The molecule has 1 atom stereocenters. The molecule has 5 nitrogen and oxygen atoms in total. The predicted octanol–water partition coefficient (Wildman–Crippen LogP) is 2.88. The summed E-state index contributed by atoms with van der Waals surface area (Å²) >= 11 is 0. The summed E-state index contributed by atoms with van der Waals surface area (Å²) in [4.78, 5) is 23.4. The standard InChI is InChI=1S/C14H27NO4/c1-5-7-9-18-13(16)12(11(3)4)15-14(17)19-10-8-6-2/h11-12H,5-10H2,1-4H3,(H,15,17)/t12-/m0/s1. The molecule has 0 unspecified atom stereocenters. The van der Waals surface area contributed by atoms with Gasteiger partial charge in [0.15, 0.2) is 0 Å². The maximum Gasteiger partial charge on any atom is 0.407 e. The zero-order valence-electron chi connectivity index (χ0n) is 12.5. The minimum absolute atomic E-state index is 0.0344. The number of alkyl carbamates (subject to hydrolysis) is 1. The number of unbranched alkanes of at least 4 members (excludes halogenated alkanes) is 2. The van der Waals surface area contributed by atoms with Crippen LogP contribution in [0.3, 0.4) is 0 Å². The normalized spacial score (nSPS) is 12.1. The van der Waals surface area contributed by atoms with Crippen molar-refractivity contribution in [3.05, 3.63) is 0 Å². The van der Waals surface area contributed by atoms with Gasteiger partial charge in [-0.15, -0.1) is 0 Å². The molecule has 0 radical (unpaired) electrons. The molecule has 19 heavy (non-hydrogen) atoms. The van der Waals surface area contributed by atoms with Crippen LogP contribution < -0.4 is 5.32 Å². The zero-order valence-corrected chi connectivity index (χ0v) is 12.5. The number of ether oxygens (including phenoxy) is 2. The van der Waals surface area contributed by atoms with Crippen molar-refractivity contribution in [1.82, 2.24) is 5.32 Å². The number of rotatable bonds is 9. The number of esters is 1. The molecule has 0 bridgehead atoms. The molecule has 0 aromatic rings. The van der Waals surface area contributed by atoms with Gasteiger partial charge in [-0.2, -0.15) is 0 Å². The van der Waals surface area contributed by atoms with E-state index in [1.165, 1.54) is 0 Å². The van der Waals surface area contributed by atoms with E-state index < -0.39 is 18.1 Å². The number of amides is 1. The fraction of sp³-hybridized carbons (Fsp3) is 0.857. The molecule has 0 rings (SSSR count). The second-order valence-corrected chi connectivity index (χ2v) is 4.88. The van der Waals surface area contributed by atoms with Gasteiger partial charge in [0.05, 0.1) is 13.2 Å². The maximum absolute atomic E-state index is 11.8. The van der Waals surface area contributed by atoms with Crippen LogP contribution in [0.2, 0.25) is 0 Å². The Morgan fingerprint density at radius 2 is 1.53 bits per heavy atom.